The van der Waals surface area contributed by atoms with Crippen LogP contribution in [0.15, 0.2) is 23.1 Å². The van der Waals surface area contributed by atoms with Gasteiger partial charge in [0.25, 0.3) is 0 Å². The Morgan fingerprint density at radius 3 is 2.60 bits per heavy atom. The Morgan fingerprint density at radius 1 is 1.20 bits per heavy atom. The lowest BCUT2D eigenvalue weighted by molar-refractivity contribution is -0.137. The third-order valence-electron chi connectivity index (χ3n) is 3.49. The Hall–Kier alpha value is -1.40. The molecule has 2 N–H and O–H groups in total. The van der Waals surface area contributed by atoms with E-state index < -0.39 is 16.0 Å². The van der Waals surface area contributed by atoms with Gasteiger partial charge in [-0.05, 0) is 55.4 Å². The van der Waals surface area contributed by atoms with Crippen LogP contribution in [0.3, 0.4) is 0 Å². The SMILES string of the molecule is O=C(O)CCCNS(=O)(=O)c1ccc2c(c1)CCCC2. The molecular formula is C14H19NO4S. The summed E-state index contributed by atoms with van der Waals surface area (Å²) in [4.78, 5) is 10.6. The Morgan fingerprint density at radius 2 is 1.90 bits per heavy atom. The Balaban J connectivity index is 2.03. The van der Waals surface area contributed by atoms with Crippen molar-refractivity contribution in [3.8, 4) is 0 Å². The molecule has 1 aliphatic carbocycles. The van der Waals surface area contributed by atoms with Gasteiger partial charge in [0.05, 0.1) is 4.90 Å². The van der Waals surface area contributed by atoms with Crippen molar-refractivity contribution in [3.05, 3.63) is 29.3 Å². The first-order valence-corrected chi connectivity index (χ1v) is 8.30. The number of nitrogens with one attached hydrogen (secondary N) is 1. The number of rotatable bonds is 6. The molecule has 0 spiro atoms. The zero-order chi connectivity index (χ0) is 14.6. The molecule has 6 heteroatoms. The summed E-state index contributed by atoms with van der Waals surface area (Å²) in [5.41, 5.74) is 2.35. The monoisotopic (exact) mass is 297 g/mol. The van der Waals surface area contributed by atoms with E-state index >= 15 is 0 Å². The van der Waals surface area contributed by atoms with Crippen LogP contribution < -0.4 is 4.72 Å². The lowest BCUT2D eigenvalue weighted by atomic mass is 9.92. The van der Waals surface area contributed by atoms with Crippen LogP contribution in [0.5, 0.6) is 0 Å². The second-order valence-electron chi connectivity index (χ2n) is 5.03. The number of carboxylic acid groups (broad SMARTS) is 1. The third-order valence-corrected chi connectivity index (χ3v) is 4.95. The fraction of sp³-hybridized carbons (Fsp3) is 0.500. The standard InChI is InChI=1S/C14H19NO4S/c16-14(17)6-3-9-15-20(18,19)13-8-7-11-4-1-2-5-12(11)10-13/h7-8,10,15H,1-6,9H2,(H,16,17). The second-order valence-corrected chi connectivity index (χ2v) is 6.80. The summed E-state index contributed by atoms with van der Waals surface area (Å²) in [6, 6.07) is 5.26. The molecule has 0 aromatic heterocycles. The van der Waals surface area contributed by atoms with E-state index in [9.17, 15) is 13.2 Å². The maximum Gasteiger partial charge on any atom is 0.303 e. The van der Waals surface area contributed by atoms with Gasteiger partial charge in [-0.3, -0.25) is 4.79 Å². The maximum absolute atomic E-state index is 12.1. The van der Waals surface area contributed by atoms with Gasteiger partial charge < -0.3 is 5.11 Å². The largest absolute Gasteiger partial charge is 0.481 e. The fourth-order valence-electron chi connectivity index (χ4n) is 2.41. The van der Waals surface area contributed by atoms with Crippen molar-refractivity contribution in [1.82, 2.24) is 4.72 Å². The number of fused-ring (bicyclic) bond motifs is 1. The highest BCUT2D eigenvalue weighted by atomic mass is 32.2. The van der Waals surface area contributed by atoms with Crippen LogP contribution in [0.1, 0.15) is 36.8 Å². The number of aliphatic carboxylic acids is 1. The summed E-state index contributed by atoms with van der Waals surface area (Å²) in [5, 5.41) is 8.52. The summed E-state index contributed by atoms with van der Waals surface area (Å²) in [6.07, 6.45) is 4.46. The van der Waals surface area contributed by atoms with Gasteiger partial charge in [0.1, 0.15) is 0 Å². The zero-order valence-corrected chi connectivity index (χ0v) is 12.1. The van der Waals surface area contributed by atoms with Crippen molar-refractivity contribution in [2.24, 2.45) is 0 Å². The lowest BCUT2D eigenvalue weighted by Gasteiger charge is -2.16. The van der Waals surface area contributed by atoms with E-state index in [1.807, 2.05) is 6.07 Å². The number of hydrogen-bond acceptors (Lipinski definition) is 3. The van der Waals surface area contributed by atoms with Crippen LogP contribution >= 0.6 is 0 Å². The molecule has 0 aliphatic heterocycles. The molecule has 1 aliphatic rings. The maximum atomic E-state index is 12.1. The minimum absolute atomic E-state index is 0.0350. The van der Waals surface area contributed by atoms with Crippen LogP contribution in [-0.4, -0.2) is 26.0 Å². The average Bonchev–Trinajstić information content (AvgIpc) is 2.43. The van der Waals surface area contributed by atoms with E-state index in [1.54, 1.807) is 12.1 Å². The number of sulfonamides is 1. The summed E-state index contributed by atoms with van der Waals surface area (Å²) in [5.74, 6) is -0.919. The predicted molar refractivity (Wildman–Crippen MR) is 75.1 cm³/mol. The molecule has 110 valence electrons. The molecule has 20 heavy (non-hydrogen) atoms. The van der Waals surface area contributed by atoms with E-state index in [0.29, 0.717) is 6.42 Å². The Kier molecular flexibility index (Phi) is 4.77. The van der Waals surface area contributed by atoms with Gasteiger partial charge in [0.15, 0.2) is 0 Å². The molecule has 1 aromatic rings. The van der Waals surface area contributed by atoms with Gasteiger partial charge >= 0.3 is 5.97 Å². The predicted octanol–water partition coefficient (Wildman–Crippen LogP) is 1.71. The van der Waals surface area contributed by atoms with Crippen LogP contribution in [0.4, 0.5) is 0 Å². The van der Waals surface area contributed by atoms with Gasteiger partial charge in [-0.15, -0.1) is 0 Å². The van der Waals surface area contributed by atoms with E-state index in [4.69, 9.17) is 5.11 Å². The molecule has 0 saturated carbocycles. The minimum atomic E-state index is -3.53. The van der Waals surface area contributed by atoms with E-state index in [1.165, 1.54) is 5.56 Å². The number of aryl methyl sites for hydroxylation is 2. The molecule has 5 nitrogen and oxygen atoms in total. The summed E-state index contributed by atoms with van der Waals surface area (Å²) < 4.78 is 26.7. The van der Waals surface area contributed by atoms with Crippen molar-refractivity contribution in [3.63, 3.8) is 0 Å². The normalized spacial score (nSPS) is 14.8. The van der Waals surface area contributed by atoms with Crippen molar-refractivity contribution >= 4 is 16.0 Å². The highest BCUT2D eigenvalue weighted by molar-refractivity contribution is 7.89. The van der Waals surface area contributed by atoms with Crippen LogP contribution in [0.2, 0.25) is 0 Å². The van der Waals surface area contributed by atoms with Crippen LogP contribution in [0, 0.1) is 0 Å². The zero-order valence-electron chi connectivity index (χ0n) is 11.3. The molecule has 0 fully saturated rings. The number of carboxylic acids is 1. The molecule has 0 radical (unpaired) electrons. The molecular weight excluding hydrogens is 278 g/mol. The first kappa shape index (κ1) is 15.0. The highest BCUT2D eigenvalue weighted by Crippen LogP contribution is 2.23. The van der Waals surface area contributed by atoms with Gasteiger partial charge in [0.2, 0.25) is 10.0 Å². The van der Waals surface area contributed by atoms with E-state index in [-0.39, 0.29) is 17.9 Å². The Labute approximate surface area is 119 Å². The highest BCUT2D eigenvalue weighted by Gasteiger charge is 2.17. The van der Waals surface area contributed by atoms with Crippen molar-refractivity contribution < 1.29 is 18.3 Å². The van der Waals surface area contributed by atoms with E-state index in [0.717, 1.165) is 31.2 Å². The Bertz CT molecular complexity index is 595. The van der Waals surface area contributed by atoms with Gasteiger partial charge in [-0.2, -0.15) is 0 Å². The van der Waals surface area contributed by atoms with Gasteiger partial charge in [-0.1, -0.05) is 6.07 Å². The third kappa shape index (κ3) is 3.80. The molecule has 0 heterocycles. The van der Waals surface area contributed by atoms with Crippen molar-refractivity contribution in [2.75, 3.05) is 6.54 Å². The molecule has 0 saturated heterocycles. The summed E-state index contributed by atoms with van der Waals surface area (Å²) in [6.45, 7) is 0.145. The molecule has 0 atom stereocenters. The lowest BCUT2D eigenvalue weighted by Crippen LogP contribution is -2.25. The van der Waals surface area contributed by atoms with Gasteiger partial charge in [0, 0.05) is 13.0 Å². The number of carbonyl (C=O) groups is 1. The molecule has 0 amide bonds. The first-order chi connectivity index (χ1) is 9.49. The summed E-state index contributed by atoms with van der Waals surface area (Å²) in [7, 11) is -3.53. The van der Waals surface area contributed by atoms with E-state index in [2.05, 4.69) is 4.72 Å². The van der Waals surface area contributed by atoms with Gasteiger partial charge in [-0.25, -0.2) is 13.1 Å². The van der Waals surface area contributed by atoms with Crippen LogP contribution in [0.25, 0.3) is 0 Å². The van der Waals surface area contributed by atoms with Crippen molar-refractivity contribution in [2.45, 2.75) is 43.4 Å². The second kappa shape index (κ2) is 6.37. The molecule has 2 rings (SSSR count). The fourth-order valence-corrected chi connectivity index (χ4v) is 3.53. The molecule has 0 bridgehead atoms. The average molecular weight is 297 g/mol. The molecule has 0 unspecified atom stereocenters. The smallest absolute Gasteiger partial charge is 0.303 e. The topological polar surface area (TPSA) is 83.5 Å². The molecule has 1 aromatic carbocycles. The number of benzene rings is 1. The first-order valence-electron chi connectivity index (χ1n) is 6.82. The van der Waals surface area contributed by atoms with Crippen molar-refractivity contribution in [1.29, 1.82) is 0 Å². The number of hydrogen-bond donors (Lipinski definition) is 2. The minimum Gasteiger partial charge on any atom is -0.481 e. The quantitative estimate of drug-likeness (QED) is 0.783. The van der Waals surface area contributed by atoms with Crippen LogP contribution in [-0.2, 0) is 27.7 Å². The summed E-state index contributed by atoms with van der Waals surface area (Å²) >= 11 is 0.